The molecule has 2 rings (SSSR count). The van der Waals surface area contributed by atoms with Crippen molar-refractivity contribution in [1.29, 1.82) is 0 Å². The molecule has 1 aliphatic rings. The molecule has 0 spiro atoms. The first-order valence-electron chi connectivity index (χ1n) is 6.07. The number of nitrogens with one attached hydrogen (secondary N) is 1. The van der Waals surface area contributed by atoms with Crippen molar-refractivity contribution in [3.63, 3.8) is 0 Å². The fourth-order valence-corrected chi connectivity index (χ4v) is 4.49. The summed E-state index contributed by atoms with van der Waals surface area (Å²) in [5, 5.41) is 3.71. The van der Waals surface area contributed by atoms with Gasteiger partial charge in [-0.15, -0.1) is 0 Å². The van der Waals surface area contributed by atoms with Crippen molar-refractivity contribution in [1.82, 2.24) is 9.62 Å². The second kappa shape index (κ2) is 5.97. The van der Waals surface area contributed by atoms with Gasteiger partial charge < -0.3 is 5.32 Å². The Hall–Kier alpha value is -0.330. The number of hydrogen-bond acceptors (Lipinski definition) is 3. The van der Waals surface area contributed by atoms with Crippen LogP contribution in [0.15, 0.2) is 23.1 Å². The number of nitrogens with zero attached hydrogens (tertiary/aromatic N) is 1. The summed E-state index contributed by atoms with van der Waals surface area (Å²) in [7, 11) is -1.71. The van der Waals surface area contributed by atoms with Crippen molar-refractivity contribution < 1.29 is 8.42 Å². The van der Waals surface area contributed by atoms with Crippen LogP contribution in [0.3, 0.4) is 0 Å². The molecule has 19 heavy (non-hydrogen) atoms. The lowest BCUT2D eigenvalue weighted by Crippen LogP contribution is -2.46. The predicted octanol–water partition coefficient (Wildman–Crippen LogP) is 2.37. The van der Waals surface area contributed by atoms with E-state index >= 15 is 0 Å². The molecule has 106 valence electrons. The maximum Gasteiger partial charge on any atom is 0.244 e. The van der Waals surface area contributed by atoms with Crippen LogP contribution in [0.2, 0.25) is 10.0 Å². The summed E-state index contributed by atoms with van der Waals surface area (Å²) in [6.07, 6.45) is 1.83. The minimum atomic E-state index is -3.55. The van der Waals surface area contributed by atoms with Crippen molar-refractivity contribution in [2.45, 2.75) is 23.8 Å². The van der Waals surface area contributed by atoms with E-state index in [9.17, 15) is 8.42 Å². The van der Waals surface area contributed by atoms with Crippen LogP contribution in [0.4, 0.5) is 0 Å². The highest BCUT2D eigenvalue weighted by atomic mass is 35.5. The summed E-state index contributed by atoms with van der Waals surface area (Å²) in [5.74, 6) is 0. The normalized spacial score (nSPS) is 21.5. The van der Waals surface area contributed by atoms with Gasteiger partial charge in [0.1, 0.15) is 4.90 Å². The predicted molar refractivity (Wildman–Crippen MR) is 77.3 cm³/mol. The van der Waals surface area contributed by atoms with E-state index in [1.54, 1.807) is 6.07 Å². The first-order valence-corrected chi connectivity index (χ1v) is 8.27. The molecule has 1 N–H and O–H groups in total. The van der Waals surface area contributed by atoms with Crippen LogP contribution in [0.5, 0.6) is 0 Å². The van der Waals surface area contributed by atoms with Gasteiger partial charge >= 0.3 is 0 Å². The zero-order valence-corrected chi connectivity index (χ0v) is 12.9. The van der Waals surface area contributed by atoms with Gasteiger partial charge in [0.25, 0.3) is 0 Å². The summed E-state index contributed by atoms with van der Waals surface area (Å²) in [6, 6.07) is 4.65. The average Bonchev–Trinajstić information content (AvgIpc) is 2.38. The Bertz CT molecular complexity index is 563. The summed E-state index contributed by atoms with van der Waals surface area (Å²) in [5.41, 5.74) is 0. The maximum atomic E-state index is 12.6. The van der Waals surface area contributed by atoms with Gasteiger partial charge in [-0.3, -0.25) is 0 Å². The molecule has 4 nitrogen and oxygen atoms in total. The number of sulfonamides is 1. The molecular formula is C12H16Cl2N2O2S. The zero-order valence-electron chi connectivity index (χ0n) is 10.6. The lowest BCUT2D eigenvalue weighted by molar-refractivity contribution is 0.293. The molecule has 1 saturated heterocycles. The van der Waals surface area contributed by atoms with E-state index in [4.69, 9.17) is 23.2 Å². The van der Waals surface area contributed by atoms with Crippen molar-refractivity contribution in [2.75, 3.05) is 20.1 Å². The third-order valence-electron chi connectivity index (χ3n) is 3.30. The topological polar surface area (TPSA) is 49.4 Å². The van der Waals surface area contributed by atoms with Gasteiger partial charge in [0.2, 0.25) is 10.0 Å². The van der Waals surface area contributed by atoms with Gasteiger partial charge in [-0.05, 0) is 38.1 Å². The molecule has 1 aliphatic heterocycles. The van der Waals surface area contributed by atoms with Crippen LogP contribution >= 0.6 is 23.2 Å². The van der Waals surface area contributed by atoms with Crippen molar-refractivity contribution in [3.05, 3.63) is 28.2 Å². The van der Waals surface area contributed by atoms with E-state index in [1.165, 1.54) is 16.4 Å². The van der Waals surface area contributed by atoms with Gasteiger partial charge in [0, 0.05) is 24.2 Å². The molecule has 1 fully saturated rings. The lowest BCUT2D eigenvalue weighted by atomic mass is 10.1. The lowest BCUT2D eigenvalue weighted by Gasteiger charge is -2.31. The molecule has 1 aromatic rings. The summed E-state index contributed by atoms with van der Waals surface area (Å²) in [4.78, 5) is 0.121. The first kappa shape index (κ1) is 15.1. The van der Waals surface area contributed by atoms with Crippen LogP contribution in [-0.2, 0) is 10.0 Å². The van der Waals surface area contributed by atoms with E-state index < -0.39 is 10.0 Å². The van der Waals surface area contributed by atoms with Crippen molar-refractivity contribution in [2.24, 2.45) is 0 Å². The summed E-state index contributed by atoms with van der Waals surface area (Å²) < 4.78 is 26.6. The number of hydrogen-bond donors (Lipinski definition) is 1. The number of halogens is 2. The third kappa shape index (κ3) is 3.23. The average molecular weight is 323 g/mol. The molecule has 0 aromatic heterocycles. The molecule has 1 aromatic carbocycles. The second-order valence-electron chi connectivity index (χ2n) is 4.57. The van der Waals surface area contributed by atoms with Crippen LogP contribution < -0.4 is 5.32 Å². The highest BCUT2D eigenvalue weighted by molar-refractivity contribution is 7.89. The highest BCUT2D eigenvalue weighted by Gasteiger charge is 2.31. The van der Waals surface area contributed by atoms with Crippen LogP contribution in [0.25, 0.3) is 0 Å². The Morgan fingerprint density at radius 2 is 2.11 bits per heavy atom. The summed E-state index contributed by atoms with van der Waals surface area (Å²) >= 11 is 11.8. The van der Waals surface area contributed by atoms with E-state index in [0.717, 1.165) is 12.8 Å². The van der Waals surface area contributed by atoms with Gasteiger partial charge in [-0.1, -0.05) is 23.2 Å². The highest BCUT2D eigenvalue weighted by Crippen LogP contribution is 2.29. The maximum absolute atomic E-state index is 12.6. The Morgan fingerprint density at radius 3 is 2.74 bits per heavy atom. The molecule has 0 amide bonds. The molecule has 0 aliphatic carbocycles. The fourth-order valence-electron chi connectivity index (χ4n) is 2.22. The number of rotatable bonds is 3. The largest absolute Gasteiger partial charge is 0.316 e. The molecular weight excluding hydrogens is 307 g/mol. The number of piperidine rings is 1. The molecule has 0 saturated carbocycles. The minimum Gasteiger partial charge on any atom is -0.316 e. The SMILES string of the molecule is CNC1CCCN(S(=O)(=O)c2ccc(Cl)cc2Cl)C1. The van der Waals surface area contributed by atoms with Gasteiger partial charge in [-0.25, -0.2) is 8.42 Å². The van der Waals surface area contributed by atoms with E-state index in [-0.39, 0.29) is 16.0 Å². The Kier molecular flexibility index (Phi) is 4.74. The van der Waals surface area contributed by atoms with Gasteiger partial charge in [0.15, 0.2) is 0 Å². The van der Waals surface area contributed by atoms with Crippen molar-refractivity contribution >= 4 is 33.2 Å². The monoisotopic (exact) mass is 322 g/mol. The molecule has 1 unspecified atom stereocenters. The number of likely N-dealkylation sites (N-methyl/N-ethyl adjacent to an activating group) is 1. The number of benzene rings is 1. The standard InChI is InChI=1S/C12H16Cl2N2O2S/c1-15-10-3-2-6-16(8-10)19(17,18)12-5-4-9(13)7-11(12)14/h4-5,7,10,15H,2-3,6,8H2,1H3. The Morgan fingerprint density at radius 1 is 1.37 bits per heavy atom. The van der Waals surface area contributed by atoms with E-state index in [2.05, 4.69) is 5.32 Å². The fraction of sp³-hybridized carbons (Fsp3) is 0.500. The molecule has 1 heterocycles. The second-order valence-corrected chi connectivity index (χ2v) is 7.32. The van der Waals surface area contributed by atoms with Crippen molar-refractivity contribution in [3.8, 4) is 0 Å². The Balaban J connectivity index is 2.31. The molecule has 0 bridgehead atoms. The molecule has 0 radical (unpaired) electrons. The smallest absolute Gasteiger partial charge is 0.244 e. The van der Waals surface area contributed by atoms with E-state index in [0.29, 0.717) is 18.1 Å². The first-order chi connectivity index (χ1) is 8.95. The zero-order chi connectivity index (χ0) is 14.0. The van der Waals surface area contributed by atoms with Gasteiger partial charge in [-0.2, -0.15) is 4.31 Å². The third-order valence-corrected chi connectivity index (χ3v) is 5.89. The van der Waals surface area contributed by atoms with Crippen LogP contribution in [0, 0.1) is 0 Å². The molecule has 1 atom stereocenters. The quantitative estimate of drug-likeness (QED) is 0.929. The molecule has 7 heteroatoms. The summed E-state index contributed by atoms with van der Waals surface area (Å²) in [6.45, 7) is 0.997. The minimum absolute atomic E-state index is 0.121. The van der Waals surface area contributed by atoms with Crippen LogP contribution in [0.1, 0.15) is 12.8 Å². The van der Waals surface area contributed by atoms with E-state index in [1.807, 2.05) is 7.05 Å². The van der Waals surface area contributed by atoms with Gasteiger partial charge in [0.05, 0.1) is 5.02 Å². The Labute approximate surface area is 123 Å². The van der Waals surface area contributed by atoms with Crippen LogP contribution in [-0.4, -0.2) is 38.9 Å².